The molecule has 0 radical (unpaired) electrons. The van der Waals surface area contributed by atoms with Crippen molar-refractivity contribution in [3.63, 3.8) is 0 Å². The molecule has 0 saturated heterocycles. The van der Waals surface area contributed by atoms with Crippen molar-refractivity contribution in [2.75, 3.05) is 0 Å². The molecule has 0 bridgehead atoms. The highest BCUT2D eigenvalue weighted by Gasteiger charge is 2.59. The lowest BCUT2D eigenvalue weighted by atomic mass is 9.40. The number of carboxylic acid groups (broad SMARTS) is 2. The zero-order chi connectivity index (χ0) is 22.6. The van der Waals surface area contributed by atoms with Gasteiger partial charge in [-0.15, -0.1) is 0 Å². The molecule has 3 aliphatic rings. The van der Waals surface area contributed by atoms with Crippen molar-refractivity contribution in [1.29, 1.82) is 0 Å². The maximum atomic E-state index is 11.4. The molecule has 0 aromatic carbocycles. The summed E-state index contributed by atoms with van der Waals surface area (Å²) in [6.45, 7) is 9.79. The van der Waals surface area contributed by atoms with Gasteiger partial charge in [0.25, 0.3) is 0 Å². The van der Waals surface area contributed by atoms with E-state index >= 15 is 0 Å². The van der Waals surface area contributed by atoms with Crippen LogP contribution in [0.4, 0.5) is 0 Å². The van der Waals surface area contributed by atoms with E-state index in [0.29, 0.717) is 23.2 Å². The summed E-state index contributed by atoms with van der Waals surface area (Å²) in [5.74, 6) is -0.367. The average Bonchev–Trinajstić information content (AvgIpc) is 2.65. The average molecular weight is 429 g/mol. The molecule has 0 spiro atoms. The second-order valence-corrected chi connectivity index (χ2v) is 11.6. The molecule has 4 rings (SSSR count). The molecule has 170 valence electrons. The fraction of sp³-hybridized carbons (Fsp3) is 0.731. The van der Waals surface area contributed by atoms with E-state index in [1.54, 1.807) is 4.57 Å². The first-order chi connectivity index (χ1) is 14.5. The van der Waals surface area contributed by atoms with Crippen molar-refractivity contribution in [3.05, 3.63) is 29.1 Å². The molecule has 5 heteroatoms. The molecule has 1 aromatic rings. The van der Waals surface area contributed by atoms with Gasteiger partial charge in [0, 0.05) is 18.1 Å². The third-order valence-electron chi connectivity index (χ3n) is 9.35. The Hall–Kier alpha value is -1.91. The topological polar surface area (TPSA) is 78.5 Å². The van der Waals surface area contributed by atoms with Crippen LogP contribution >= 0.6 is 0 Å². The smallest absolute Gasteiger partial charge is 0.370 e. The summed E-state index contributed by atoms with van der Waals surface area (Å²) >= 11 is 0. The Kier molecular flexibility index (Phi) is 5.46. The molecule has 0 aliphatic heterocycles. The predicted octanol–water partition coefficient (Wildman–Crippen LogP) is 4.52. The number of nitrogens with zero attached hydrogens (tertiary/aromatic N) is 1. The molecule has 2 fully saturated rings. The van der Waals surface area contributed by atoms with Crippen LogP contribution in [0.1, 0.15) is 89.5 Å². The van der Waals surface area contributed by atoms with Crippen molar-refractivity contribution >= 4 is 11.9 Å². The van der Waals surface area contributed by atoms with Gasteiger partial charge in [0.2, 0.25) is 6.54 Å². The quantitative estimate of drug-likeness (QED) is 0.676. The van der Waals surface area contributed by atoms with Crippen molar-refractivity contribution in [3.8, 4) is 0 Å². The van der Waals surface area contributed by atoms with E-state index in [0.717, 1.165) is 30.9 Å². The fourth-order valence-corrected chi connectivity index (χ4v) is 8.08. The Morgan fingerprint density at radius 2 is 1.77 bits per heavy atom. The zero-order valence-electron chi connectivity index (χ0n) is 19.5. The third kappa shape index (κ3) is 3.68. The van der Waals surface area contributed by atoms with E-state index in [4.69, 9.17) is 0 Å². The normalized spacial score (nSPS) is 33.7. The number of rotatable bonds is 5. The van der Waals surface area contributed by atoms with Crippen LogP contribution < -0.4 is 4.57 Å². The highest BCUT2D eigenvalue weighted by molar-refractivity contribution is 5.67. The summed E-state index contributed by atoms with van der Waals surface area (Å²) in [4.78, 5) is 22.7. The molecule has 31 heavy (non-hydrogen) atoms. The van der Waals surface area contributed by atoms with Crippen LogP contribution in [0.2, 0.25) is 0 Å². The number of carboxylic acids is 2. The van der Waals surface area contributed by atoms with E-state index < -0.39 is 11.9 Å². The van der Waals surface area contributed by atoms with Gasteiger partial charge in [0.1, 0.15) is 0 Å². The Balaban J connectivity index is 1.77. The highest BCUT2D eigenvalue weighted by Crippen LogP contribution is 2.66. The number of fused-ring (bicyclic) bond motifs is 5. The second kappa shape index (κ2) is 7.60. The molecule has 3 aliphatic carbocycles. The summed E-state index contributed by atoms with van der Waals surface area (Å²) in [6, 6.07) is 2.17. The maximum absolute atomic E-state index is 11.4. The summed E-state index contributed by atoms with van der Waals surface area (Å²) in [7, 11) is 0. The van der Waals surface area contributed by atoms with Gasteiger partial charge < -0.3 is 10.2 Å². The largest absolute Gasteiger partial charge is 0.481 e. The highest BCUT2D eigenvalue weighted by atomic mass is 16.4. The van der Waals surface area contributed by atoms with E-state index in [1.165, 1.54) is 36.8 Å². The van der Waals surface area contributed by atoms with Crippen LogP contribution in [0.5, 0.6) is 0 Å². The van der Waals surface area contributed by atoms with Crippen LogP contribution in [-0.4, -0.2) is 22.2 Å². The molecule has 2 unspecified atom stereocenters. The van der Waals surface area contributed by atoms with E-state index in [1.807, 2.05) is 6.20 Å². The summed E-state index contributed by atoms with van der Waals surface area (Å²) in [5.41, 5.74) is 4.25. The lowest BCUT2D eigenvalue weighted by Crippen LogP contribution is -2.58. The van der Waals surface area contributed by atoms with Crippen molar-refractivity contribution in [2.45, 2.75) is 97.4 Å². The standard InChI is InChI=1S/C26H37NO4/c1-24(2)11-5-12-26(4)20(24)10-13-25(3)19-14-18(7-9-22(28)29)27(16-23(30)31)15-17(19)6-8-21(25)26/h14-15,20-21H,5-13,16H2,1-4H3,(H-,28,29,30,31)/p+1/t20?,21?,25-,26-/m0/s1. The van der Waals surface area contributed by atoms with Gasteiger partial charge in [-0.25, -0.2) is 4.79 Å². The Bertz CT molecular complexity index is 907. The SMILES string of the molecule is CC1(C)CCC[C@@]2(C)C1CC[C@@]1(C)c3cc(CCC(=O)O)[n+](CC(=O)O)cc3CCC21. The van der Waals surface area contributed by atoms with Crippen molar-refractivity contribution < 1.29 is 24.4 Å². The number of aryl methyl sites for hydroxylation is 2. The molecule has 1 heterocycles. The van der Waals surface area contributed by atoms with E-state index in [2.05, 4.69) is 33.8 Å². The van der Waals surface area contributed by atoms with Gasteiger partial charge in [-0.05, 0) is 72.2 Å². The minimum atomic E-state index is -0.890. The summed E-state index contributed by atoms with van der Waals surface area (Å²) in [5, 5.41) is 18.6. The number of hydrogen-bond donors (Lipinski definition) is 2. The van der Waals surface area contributed by atoms with Gasteiger partial charge in [0.05, 0.1) is 6.42 Å². The molecule has 1 aromatic heterocycles. The second-order valence-electron chi connectivity index (χ2n) is 11.6. The third-order valence-corrected chi connectivity index (χ3v) is 9.35. The predicted molar refractivity (Wildman–Crippen MR) is 118 cm³/mol. The van der Waals surface area contributed by atoms with Crippen molar-refractivity contribution in [2.24, 2.45) is 22.7 Å². The molecule has 4 atom stereocenters. The minimum absolute atomic E-state index is 0.0204. The minimum Gasteiger partial charge on any atom is -0.481 e. The van der Waals surface area contributed by atoms with Gasteiger partial charge in [-0.1, -0.05) is 34.1 Å². The molecule has 0 amide bonds. The summed E-state index contributed by atoms with van der Waals surface area (Å²) < 4.78 is 1.77. The van der Waals surface area contributed by atoms with Gasteiger partial charge in [-0.3, -0.25) is 4.79 Å². The molecule has 2 saturated carbocycles. The number of aromatic nitrogens is 1. The first-order valence-corrected chi connectivity index (χ1v) is 12.0. The molecular formula is C26H38NO4+. The Morgan fingerprint density at radius 3 is 2.45 bits per heavy atom. The zero-order valence-corrected chi connectivity index (χ0v) is 19.5. The monoisotopic (exact) mass is 428 g/mol. The first kappa shape index (κ1) is 22.3. The molecular weight excluding hydrogens is 390 g/mol. The van der Waals surface area contributed by atoms with E-state index in [-0.39, 0.29) is 18.4 Å². The van der Waals surface area contributed by atoms with Crippen molar-refractivity contribution in [1.82, 2.24) is 0 Å². The fourth-order valence-electron chi connectivity index (χ4n) is 8.08. The van der Waals surface area contributed by atoms with Crippen LogP contribution in [0.25, 0.3) is 0 Å². The van der Waals surface area contributed by atoms with Gasteiger partial charge >= 0.3 is 11.9 Å². The number of pyridine rings is 1. The first-order valence-electron chi connectivity index (χ1n) is 12.0. The van der Waals surface area contributed by atoms with Gasteiger partial charge in [-0.2, -0.15) is 4.57 Å². The molecule has 2 N–H and O–H groups in total. The summed E-state index contributed by atoms with van der Waals surface area (Å²) in [6.07, 6.45) is 10.9. The number of carbonyl (C=O) groups is 2. The number of aliphatic carboxylic acids is 2. The maximum Gasteiger partial charge on any atom is 0.370 e. The lowest BCUT2D eigenvalue weighted by Gasteiger charge is -2.64. The number of hydrogen-bond acceptors (Lipinski definition) is 2. The molecule has 5 nitrogen and oxygen atoms in total. The Labute approximate surface area is 185 Å². The Morgan fingerprint density at radius 1 is 1.03 bits per heavy atom. The van der Waals surface area contributed by atoms with Crippen LogP contribution in [0.15, 0.2) is 12.3 Å². The van der Waals surface area contributed by atoms with E-state index in [9.17, 15) is 19.8 Å². The van der Waals surface area contributed by atoms with Crippen LogP contribution in [-0.2, 0) is 34.4 Å². The van der Waals surface area contributed by atoms with Crippen LogP contribution in [0.3, 0.4) is 0 Å². The van der Waals surface area contributed by atoms with Crippen LogP contribution in [0, 0.1) is 22.7 Å². The lowest BCUT2D eigenvalue weighted by molar-refractivity contribution is -0.693. The van der Waals surface area contributed by atoms with Gasteiger partial charge in [0.15, 0.2) is 11.9 Å².